The number of aliphatic hydroxyl groups excluding tert-OH is 1. The molecule has 0 bridgehead atoms. The Labute approximate surface area is 64.6 Å². The second-order valence-electron chi connectivity index (χ2n) is 1.83. The average molecular weight is 160 g/mol. The van der Waals surface area contributed by atoms with Gasteiger partial charge < -0.3 is 15.6 Å². The van der Waals surface area contributed by atoms with E-state index in [0.29, 0.717) is 13.0 Å². The second kappa shape index (κ2) is 7.30. The molecule has 1 atom stereocenters. The van der Waals surface area contributed by atoms with Gasteiger partial charge in [-0.05, 0) is 18.5 Å². The number of azide groups is 1. The van der Waals surface area contributed by atoms with Crippen molar-refractivity contribution >= 4 is 0 Å². The lowest BCUT2D eigenvalue weighted by Gasteiger charge is -2.08. The van der Waals surface area contributed by atoms with E-state index in [0.717, 1.165) is 0 Å². The van der Waals surface area contributed by atoms with E-state index in [1.54, 1.807) is 0 Å². The summed E-state index contributed by atoms with van der Waals surface area (Å²) in [5.74, 6) is 0. The van der Waals surface area contributed by atoms with Crippen LogP contribution in [0.4, 0.5) is 0 Å². The molecule has 11 heavy (non-hydrogen) atoms. The molecule has 0 aromatic heterocycles. The molecule has 0 aliphatic heterocycles. The summed E-state index contributed by atoms with van der Waals surface area (Å²) >= 11 is 0. The van der Waals surface area contributed by atoms with Crippen LogP contribution in [0.5, 0.6) is 0 Å². The van der Waals surface area contributed by atoms with Crippen LogP contribution in [0.15, 0.2) is 5.11 Å². The fourth-order valence-corrected chi connectivity index (χ4v) is 0.563. The summed E-state index contributed by atoms with van der Waals surface area (Å²) in [5, 5.41) is 11.7. The van der Waals surface area contributed by atoms with E-state index >= 15 is 0 Å². The molecule has 0 aliphatic carbocycles. The maximum atomic E-state index is 8.36. The first-order valence-corrected chi connectivity index (χ1v) is 3.32. The van der Waals surface area contributed by atoms with Gasteiger partial charge in [-0.3, -0.25) is 0 Å². The molecule has 0 aliphatic rings. The largest absolute Gasteiger partial charge is 0.394 e. The number of hydrogen-bond acceptors (Lipinski definition) is 4. The van der Waals surface area contributed by atoms with Gasteiger partial charge >= 0.3 is 0 Å². The lowest BCUT2D eigenvalue weighted by Crippen LogP contribution is -2.16. The van der Waals surface area contributed by atoms with Gasteiger partial charge in [-0.25, -0.2) is 0 Å². The van der Waals surface area contributed by atoms with Crippen LogP contribution in [0.2, 0.25) is 0 Å². The predicted molar refractivity (Wildman–Crippen MR) is 39.6 cm³/mol. The summed E-state index contributed by atoms with van der Waals surface area (Å²) in [5.41, 5.74) is 13.2. The number of rotatable bonds is 6. The molecule has 0 aromatic rings. The van der Waals surface area contributed by atoms with Crippen LogP contribution in [0.3, 0.4) is 0 Å². The van der Waals surface area contributed by atoms with Crippen molar-refractivity contribution in [1.29, 1.82) is 0 Å². The third-order valence-corrected chi connectivity index (χ3v) is 0.996. The van der Waals surface area contributed by atoms with Gasteiger partial charge in [0.05, 0.1) is 13.2 Å². The van der Waals surface area contributed by atoms with Gasteiger partial charge in [0.25, 0.3) is 0 Å². The number of aliphatic hydroxyl groups is 1. The van der Waals surface area contributed by atoms with Gasteiger partial charge in [0.1, 0.15) is 6.23 Å². The molecule has 0 rings (SSSR count). The first-order valence-electron chi connectivity index (χ1n) is 3.32. The first-order chi connectivity index (χ1) is 5.35. The molecule has 0 amide bonds. The highest BCUT2D eigenvalue weighted by atomic mass is 16.5. The molecule has 0 heterocycles. The fraction of sp³-hybridized carbons (Fsp3) is 1.00. The highest BCUT2D eigenvalue weighted by Gasteiger charge is 2.03. The van der Waals surface area contributed by atoms with Gasteiger partial charge in [-0.2, -0.15) is 0 Å². The average Bonchev–Trinajstić information content (AvgIpc) is 2.01. The van der Waals surface area contributed by atoms with Crippen molar-refractivity contribution in [3.63, 3.8) is 0 Å². The van der Waals surface area contributed by atoms with E-state index in [4.69, 9.17) is 21.1 Å². The van der Waals surface area contributed by atoms with E-state index in [1.165, 1.54) is 0 Å². The smallest absolute Gasteiger partial charge is 0.137 e. The van der Waals surface area contributed by atoms with Gasteiger partial charge in [-0.1, -0.05) is 5.11 Å². The van der Waals surface area contributed by atoms with E-state index in [2.05, 4.69) is 10.0 Å². The van der Waals surface area contributed by atoms with E-state index in [-0.39, 0.29) is 13.2 Å². The topological polar surface area (TPSA) is 104 Å². The normalized spacial score (nSPS) is 12.2. The third-order valence-electron chi connectivity index (χ3n) is 0.996. The molecule has 0 spiro atoms. The first kappa shape index (κ1) is 10.2. The monoisotopic (exact) mass is 160 g/mol. The molecular formula is C5H12N4O2. The van der Waals surface area contributed by atoms with Gasteiger partial charge in [-0.15, -0.1) is 0 Å². The van der Waals surface area contributed by atoms with Crippen molar-refractivity contribution in [2.45, 2.75) is 12.6 Å². The van der Waals surface area contributed by atoms with Crippen LogP contribution in [-0.4, -0.2) is 31.1 Å². The molecule has 6 nitrogen and oxygen atoms in total. The zero-order chi connectivity index (χ0) is 8.53. The molecule has 0 radical (unpaired) electrons. The Hall–Kier alpha value is -0.810. The molecule has 1 unspecified atom stereocenters. The fourth-order valence-electron chi connectivity index (χ4n) is 0.563. The zero-order valence-corrected chi connectivity index (χ0v) is 6.18. The minimum absolute atomic E-state index is 0.0813. The zero-order valence-electron chi connectivity index (χ0n) is 6.18. The minimum atomic E-state index is -0.544. The molecule has 0 aromatic carbocycles. The Balaban J connectivity index is 3.59. The van der Waals surface area contributed by atoms with Crippen LogP contribution < -0.4 is 5.73 Å². The Morgan fingerprint density at radius 1 is 1.73 bits per heavy atom. The summed E-state index contributed by atoms with van der Waals surface area (Å²) in [7, 11) is 0. The van der Waals surface area contributed by atoms with E-state index in [9.17, 15) is 0 Å². The molecule has 3 N–H and O–H groups in total. The highest BCUT2D eigenvalue weighted by Crippen LogP contribution is 1.98. The van der Waals surface area contributed by atoms with Gasteiger partial charge in [0.15, 0.2) is 0 Å². The molecule has 64 valence electrons. The molecule has 0 fully saturated rings. The molecule has 0 saturated carbocycles. The third kappa shape index (κ3) is 5.63. The van der Waals surface area contributed by atoms with Crippen molar-refractivity contribution < 1.29 is 9.84 Å². The maximum absolute atomic E-state index is 8.36. The van der Waals surface area contributed by atoms with Crippen molar-refractivity contribution in [2.24, 2.45) is 10.8 Å². The molecule has 6 heteroatoms. The van der Waals surface area contributed by atoms with E-state index < -0.39 is 6.23 Å². The van der Waals surface area contributed by atoms with Crippen molar-refractivity contribution in [1.82, 2.24) is 0 Å². The molecule has 0 saturated heterocycles. The maximum Gasteiger partial charge on any atom is 0.137 e. The van der Waals surface area contributed by atoms with Crippen LogP contribution in [0, 0.1) is 0 Å². The van der Waals surface area contributed by atoms with Crippen LogP contribution in [0.25, 0.3) is 10.4 Å². The summed E-state index contributed by atoms with van der Waals surface area (Å²) in [6, 6.07) is 0. The van der Waals surface area contributed by atoms with E-state index in [1.807, 2.05) is 0 Å². The van der Waals surface area contributed by atoms with Crippen molar-refractivity contribution in [2.75, 3.05) is 19.8 Å². The van der Waals surface area contributed by atoms with Crippen LogP contribution in [0.1, 0.15) is 6.42 Å². The quantitative estimate of drug-likeness (QED) is 0.324. The van der Waals surface area contributed by atoms with Crippen LogP contribution in [-0.2, 0) is 4.74 Å². The summed E-state index contributed by atoms with van der Waals surface area (Å²) in [4.78, 5) is 2.57. The van der Waals surface area contributed by atoms with Gasteiger partial charge in [0, 0.05) is 4.91 Å². The number of ether oxygens (including phenoxy) is 1. The van der Waals surface area contributed by atoms with Crippen LogP contribution >= 0.6 is 0 Å². The Kier molecular flexibility index (Phi) is 6.76. The predicted octanol–water partition coefficient (Wildman–Crippen LogP) is -0.0195. The minimum Gasteiger partial charge on any atom is -0.394 e. The lowest BCUT2D eigenvalue weighted by molar-refractivity contribution is 0.0295. The van der Waals surface area contributed by atoms with Crippen molar-refractivity contribution in [3.8, 4) is 0 Å². The summed E-state index contributed by atoms with van der Waals surface area (Å²) in [6.07, 6.45) is -0.0681. The highest BCUT2D eigenvalue weighted by molar-refractivity contribution is 4.56. The Morgan fingerprint density at radius 2 is 2.45 bits per heavy atom. The summed E-state index contributed by atoms with van der Waals surface area (Å²) < 4.78 is 4.92. The van der Waals surface area contributed by atoms with Crippen molar-refractivity contribution in [3.05, 3.63) is 10.4 Å². The second-order valence-corrected chi connectivity index (χ2v) is 1.83. The Bertz CT molecular complexity index is 134. The standard InChI is InChI=1S/C5H12N4O2/c6-2-1-5(8-9-7)11-4-3-10/h5,10H,1-4,6H2. The molecular weight excluding hydrogens is 148 g/mol. The SMILES string of the molecule is [N-]=[N+]=NC(CCN)OCCO. The number of nitrogens with two attached hydrogens (primary N) is 1. The summed E-state index contributed by atoms with van der Waals surface area (Å²) in [6.45, 7) is 0.487. The number of hydrogen-bond donors (Lipinski definition) is 2. The Morgan fingerprint density at radius 3 is 2.91 bits per heavy atom. The lowest BCUT2D eigenvalue weighted by atomic mass is 10.4. The van der Waals surface area contributed by atoms with Gasteiger partial charge in [0.2, 0.25) is 0 Å². The number of nitrogens with zero attached hydrogens (tertiary/aromatic N) is 3.